The first kappa shape index (κ1) is 19.9. The van der Waals surface area contributed by atoms with E-state index in [9.17, 15) is 4.79 Å². The van der Waals surface area contributed by atoms with Crippen molar-refractivity contribution >= 4 is 17.7 Å². The van der Waals surface area contributed by atoms with Gasteiger partial charge in [-0.15, -0.1) is 5.10 Å². The Morgan fingerprint density at radius 3 is 2.80 bits per heavy atom. The number of hydrogen-bond acceptors (Lipinski definition) is 5. The number of carbonyl (C=O) groups is 1. The van der Waals surface area contributed by atoms with Gasteiger partial charge in [0.05, 0.1) is 12.3 Å². The normalized spacial score (nSPS) is 18.2. The smallest absolute Gasteiger partial charge is 0.410 e. The monoisotopic (exact) mass is 369 g/mol. The first-order valence-corrected chi connectivity index (χ1v) is 9.28. The van der Waals surface area contributed by atoms with E-state index in [-0.39, 0.29) is 12.1 Å². The molecule has 2 heterocycles. The lowest BCUT2D eigenvalue weighted by Gasteiger charge is -2.36. The van der Waals surface area contributed by atoms with Crippen LogP contribution >= 0.6 is 11.6 Å². The van der Waals surface area contributed by atoms with Crippen LogP contribution < -0.4 is 0 Å². The van der Waals surface area contributed by atoms with Crippen LogP contribution in [0.4, 0.5) is 4.79 Å². The van der Waals surface area contributed by atoms with E-state index in [1.54, 1.807) is 12.1 Å². The molecule has 1 aliphatic heterocycles. The van der Waals surface area contributed by atoms with Crippen LogP contribution in [-0.2, 0) is 16.1 Å². The molecule has 1 atom stereocenters. The molecule has 0 unspecified atom stereocenters. The van der Waals surface area contributed by atoms with Gasteiger partial charge in [-0.3, -0.25) is 0 Å². The average Bonchev–Trinajstić information content (AvgIpc) is 2.55. The highest BCUT2D eigenvalue weighted by atomic mass is 35.5. The van der Waals surface area contributed by atoms with E-state index in [2.05, 4.69) is 10.2 Å². The molecule has 1 amide bonds. The minimum atomic E-state index is -0.457. The van der Waals surface area contributed by atoms with Crippen LogP contribution in [0.2, 0.25) is 5.15 Å². The molecule has 6 nitrogen and oxygen atoms in total. The summed E-state index contributed by atoms with van der Waals surface area (Å²) in [4.78, 5) is 14.3. The van der Waals surface area contributed by atoms with Crippen molar-refractivity contribution in [1.29, 1.82) is 0 Å². The SMILES string of the molecule is CC(C)(C)OC(=O)N1CCCC[C@@H]1CCCOCc1ccc(Cl)nn1. The first-order valence-electron chi connectivity index (χ1n) is 8.90. The van der Waals surface area contributed by atoms with Gasteiger partial charge in [0.1, 0.15) is 5.60 Å². The molecule has 1 fully saturated rings. The van der Waals surface area contributed by atoms with Gasteiger partial charge in [-0.1, -0.05) is 11.6 Å². The third kappa shape index (κ3) is 7.16. The van der Waals surface area contributed by atoms with Gasteiger partial charge in [-0.25, -0.2) is 4.79 Å². The van der Waals surface area contributed by atoms with Gasteiger partial charge < -0.3 is 14.4 Å². The van der Waals surface area contributed by atoms with Crippen molar-refractivity contribution in [3.05, 3.63) is 23.0 Å². The zero-order valence-corrected chi connectivity index (χ0v) is 16.1. The quantitative estimate of drug-likeness (QED) is 0.702. The number of nitrogens with zero attached hydrogens (tertiary/aromatic N) is 3. The second-order valence-corrected chi connectivity index (χ2v) is 7.75. The van der Waals surface area contributed by atoms with Crippen molar-refractivity contribution in [3.63, 3.8) is 0 Å². The Kier molecular flexibility index (Phi) is 7.44. The van der Waals surface area contributed by atoms with Crippen LogP contribution in [0.5, 0.6) is 0 Å². The summed E-state index contributed by atoms with van der Waals surface area (Å²) in [5, 5.41) is 8.12. The van der Waals surface area contributed by atoms with Crippen molar-refractivity contribution in [1.82, 2.24) is 15.1 Å². The first-order chi connectivity index (χ1) is 11.8. The molecule has 0 spiro atoms. The molecule has 7 heteroatoms. The van der Waals surface area contributed by atoms with Crippen LogP contribution in [0, 0.1) is 0 Å². The number of rotatable bonds is 6. The number of piperidine rings is 1. The molecular weight excluding hydrogens is 342 g/mol. The predicted molar refractivity (Wildman–Crippen MR) is 96.5 cm³/mol. The van der Waals surface area contributed by atoms with E-state index in [1.807, 2.05) is 25.7 Å². The lowest BCUT2D eigenvalue weighted by Crippen LogP contribution is -2.46. The molecule has 0 radical (unpaired) electrons. The van der Waals surface area contributed by atoms with E-state index in [0.717, 1.165) is 44.3 Å². The third-order valence-corrected chi connectivity index (χ3v) is 4.22. The summed E-state index contributed by atoms with van der Waals surface area (Å²) >= 11 is 5.70. The molecular formula is C18H28ClN3O3. The number of amides is 1. The fraction of sp³-hybridized carbons (Fsp3) is 0.722. The van der Waals surface area contributed by atoms with Crippen molar-refractivity contribution < 1.29 is 14.3 Å². The molecule has 0 bridgehead atoms. The van der Waals surface area contributed by atoms with Crippen molar-refractivity contribution in [3.8, 4) is 0 Å². The molecule has 0 N–H and O–H groups in total. The van der Waals surface area contributed by atoms with Crippen LogP contribution in [-0.4, -0.2) is 46.0 Å². The molecule has 0 aromatic carbocycles. The Labute approximate surface area is 154 Å². The van der Waals surface area contributed by atoms with E-state index in [1.165, 1.54) is 0 Å². The minimum Gasteiger partial charge on any atom is -0.444 e. The Hall–Kier alpha value is -1.40. The lowest BCUT2D eigenvalue weighted by atomic mass is 9.98. The van der Waals surface area contributed by atoms with Crippen LogP contribution in [0.3, 0.4) is 0 Å². The fourth-order valence-corrected chi connectivity index (χ4v) is 2.98. The van der Waals surface area contributed by atoms with Gasteiger partial charge in [0.15, 0.2) is 5.15 Å². The molecule has 1 saturated heterocycles. The number of carbonyl (C=O) groups excluding carboxylic acids is 1. The number of likely N-dealkylation sites (tertiary alicyclic amines) is 1. The highest BCUT2D eigenvalue weighted by Crippen LogP contribution is 2.23. The largest absolute Gasteiger partial charge is 0.444 e. The van der Waals surface area contributed by atoms with E-state index < -0.39 is 5.60 Å². The predicted octanol–water partition coefficient (Wildman–Crippen LogP) is 4.22. The van der Waals surface area contributed by atoms with Gasteiger partial charge in [-0.05, 0) is 65.0 Å². The Bertz CT molecular complexity index is 545. The van der Waals surface area contributed by atoms with Crippen molar-refractivity contribution in [2.24, 2.45) is 0 Å². The van der Waals surface area contributed by atoms with Gasteiger partial charge in [0.2, 0.25) is 0 Å². The Morgan fingerprint density at radius 2 is 2.12 bits per heavy atom. The minimum absolute atomic E-state index is 0.199. The molecule has 0 aliphatic carbocycles. The van der Waals surface area contributed by atoms with Gasteiger partial charge >= 0.3 is 6.09 Å². The molecule has 1 aromatic heterocycles. The van der Waals surface area contributed by atoms with E-state index in [4.69, 9.17) is 21.1 Å². The zero-order chi connectivity index (χ0) is 18.3. The zero-order valence-electron chi connectivity index (χ0n) is 15.3. The molecule has 1 aromatic rings. The van der Waals surface area contributed by atoms with Gasteiger partial charge in [0.25, 0.3) is 0 Å². The fourth-order valence-electron chi connectivity index (χ4n) is 2.88. The number of aromatic nitrogens is 2. The maximum Gasteiger partial charge on any atom is 0.410 e. The Balaban J connectivity index is 1.72. The molecule has 140 valence electrons. The summed E-state index contributed by atoms with van der Waals surface area (Å²) in [7, 11) is 0. The summed E-state index contributed by atoms with van der Waals surface area (Å²) in [6.07, 6.45) is 4.85. The molecule has 1 aliphatic rings. The lowest BCUT2D eigenvalue weighted by molar-refractivity contribution is 0.00723. The van der Waals surface area contributed by atoms with Gasteiger partial charge in [0, 0.05) is 19.2 Å². The summed E-state index contributed by atoms with van der Waals surface area (Å²) in [6.45, 7) is 7.53. The van der Waals surface area contributed by atoms with E-state index >= 15 is 0 Å². The summed E-state index contributed by atoms with van der Waals surface area (Å²) in [5.41, 5.74) is 0.305. The van der Waals surface area contributed by atoms with Gasteiger partial charge in [-0.2, -0.15) is 5.10 Å². The average molecular weight is 370 g/mol. The highest BCUT2D eigenvalue weighted by Gasteiger charge is 2.29. The Morgan fingerprint density at radius 1 is 1.32 bits per heavy atom. The summed E-state index contributed by atoms with van der Waals surface area (Å²) < 4.78 is 11.2. The number of hydrogen-bond donors (Lipinski definition) is 0. The van der Waals surface area contributed by atoms with Crippen LogP contribution in [0.25, 0.3) is 0 Å². The molecule has 25 heavy (non-hydrogen) atoms. The summed E-state index contributed by atoms with van der Waals surface area (Å²) in [6, 6.07) is 3.75. The van der Waals surface area contributed by atoms with Crippen molar-refractivity contribution in [2.75, 3.05) is 13.2 Å². The van der Waals surface area contributed by atoms with Crippen molar-refractivity contribution in [2.45, 2.75) is 71.1 Å². The van der Waals surface area contributed by atoms with Crippen LogP contribution in [0.1, 0.15) is 58.6 Å². The molecule has 2 rings (SSSR count). The number of halogens is 1. The van der Waals surface area contributed by atoms with E-state index in [0.29, 0.717) is 18.4 Å². The topological polar surface area (TPSA) is 64.5 Å². The number of ether oxygens (including phenoxy) is 2. The second kappa shape index (κ2) is 9.34. The highest BCUT2D eigenvalue weighted by molar-refractivity contribution is 6.29. The van der Waals surface area contributed by atoms with Crippen LogP contribution in [0.15, 0.2) is 12.1 Å². The standard InChI is InChI=1S/C18H28ClN3O3/c1-18(2,3)25-17(23)22-11-5-4-7-15(22)8-6-12-24-13-14-9-10-16(19)21-20-14/h9-10,15H,4-8,11-13H2,1-3H3/t15-/m1/s1. The third-order valence-electron chi connectivity index (χ3n) is 4.02. The maximum absolute atomic E-state index is 12.4. The maximum atomic E-state index is 12.4. The summed E-state index contributed by atoms with van der Waals surface area (Å²) in [5.74, 6) is 0. The molecule has 0 saturated carbocycles. The second-order valence-electron chi connectivity index (χ2n) is 7.37.